The Morgan fingerprint density at radius 2 is 1.93 bits per heavy atom. The Kier molecular flexibility index (Phi) is 6.82. The van der Waals surface area contributed by atoms with E-state index in [0.29, 0.717) is 16.4 Å². The summed E-state index contributed by atoms with van der Waals surface area (Å²) in [5.74, 6) is 0.849. The maximum Gasteiger partial charge on any atom is 0.408 e. The number of carbonyl (C=O) groups is 2. The summed E-state index contributed by atoms with van der Waals surface area (Å²) in [6, 6.07) is 8.79. The number of esters is 1. The van der Waals surface area contributed by atoms with Crippen molar-refractivity contribution in [1.82, 2.24) is 5.32 Å². The molecule has 0 aromatic heterocycles. The molecule has 3 unspecified atom stereocenters. The summed E-state index contributed by atoms with van der Waals surface area (Å²) in [6.45, 7) is 9.39. The molecular weight excluding hydrogens is 386 g/mol. The van der Waals surface area contributed by atoms with E-state index in [1.807, 2.05) is 30.3 Å². The topological polar surface area (TPSA) is 64.6 Å². The van der Waals surface area contributed by atoms with Crippen LogP contribution in [-0.2, 0) is 20.9 Å². The maximum atomic E-state index is 12.4. The number of alkyl carbamates (subject to hydrolysis) is 1. The molecule has 1 aromatic rings. The molecule has 6 heteroatoms. The average Bonchev–Trinajstić information content (AvgIpc) is 3.04. The zero-order chi connectivity index (χ0) is 21.1. The third-order valence-electron chi connectivity index (χ3n) is 7.25. The van der Waals surface area contributed by atoms with Gasteiger partial charge in [-0.1, -0.05) is 51.1 Å². The van der Waals surface area contributed by atoms with Crippen molar-refractivity contribution in [2.75, 3.05) is 12.4 Å². The number of thioether (sulfide) groups is 1. The minimum Gasteiger partial charge on any atom is -0.464 e. The second kappa shape index (κ2) is 8.99. The van der Waals surface area contributed by atoms with Crippen LogP contribution in [0.1, 0.15) is 52.5 Å². The van der Waals surface area contributed by atoms with Crippen molar-refractivity contribution in [3.63, 3.8) is 0 Å². The summed E-state index contributed by atoms with van der Waals surface area (Å²) in [5, 5.41) is 3.21. The molecule has 2 aliphatic rings. The number of hydrogen-bond acceptors (Lipinski definition) is 5. The Morgan fingerprint density at radius 3 is 2.52 bits per heavy atom. The van der Waals surface area contributed by atoms with Crippen LogP contribution in [0.5, 0.6) is 0 Å². The molecule has 2 fully saturated rings. The number of rotatable bonds is 8. The quantitative estimate of drug-likeness (QED) is 0.614. The van der Waals surface area contributed by atoms with Gasteiger partial charge < -0.3 is 14.8 Å². The predicted octanol–water partition coefficient (Wildman–Crippen LogP) is 4.79. The van der Waals surface area contributed by atoms with Crippen LogP contribution in [0.25, 0.3) is 0 Å². The normalized spacial score (nSPS) is 28.0. The number of amides is 1. The van der Waals surface area contributed by atoms with Crippen LogP contribution in [0.15, 0.2) is 30.3 Å². The third-order valence-corrected chi connectivity index (χ3v) is 8.89. The van der Waals surface area contributed by atoms with E-state index in [2.05, 4.69) is 26.1 Å². The van der Waals surface area contributed by atoms with Crippen molar-refractivity contribution in [3.8, 4) is 0 Å². The molecule has 4 atom stereocenters. The van der Waals surface area contributed by atoms with E-state index < -0.39 is 18.1 Å². The molecule has 2 aliphatic carbocycles. The minimum atomic E-state index is -0.700. The first-order valence-corrected chi connectivity index (χ1v) is 11.6. The molecule has 0 aliphatic heterocycles. The Labute approximate surface area is 178 Å². The molecule has 0 heterocycles. The van der Waals surface area contributed by atoms with Gasteiger partial charge in [0.05, 0.1) is 6.61 Å². The Bertz CT molecular complexity index is 723. The van der Waals surface area contributed by atoms with Gasteiger partial charge in [-0.25, -0.2) is 9.59 Å². The fourth-order valence-corrected chi connectivity index (χ4v) is 6.72. The zero-order valence-corrected chi connectivity index (χ0v) is 18.7. The van der Waals surface area contributed by atoms with Crippen molar-refractivity contribution >= 4 is 23.8 Å². The highest BCUT2D eigenvalue weighted by atomic mass is 32.2. The Morgan fingerprint density at radius 1 is 1.21 bits per heavy atom. The number of hydrogen-bond donors (Lipinski definition) is 1. The molecule has 3 rings (SSSR count). The molecule has 5 nitrogen and oxygen atoms in total. The molecular formula is C23H33NO4S. The molecule has 0 saturated heterocycles. The second-order valence-electron chi connectivity index (χ2n) is 8.94. The van der Waals surface area contributed by atoms with Crippen LogP contribution in [0.4, 0.5) is 4.79 Å². The Hall–Kier alpha value is -1.69. The lowest BCUT2D eigenvalue weighted by atomic mass is 9.71. The van der Waals surface area contributed by atoms with Crippen LogP contribution in [0, 0.1) is 16.7 Å². The van der Waals surface area contributed by atoms with E-state index in [1.54, 1.807) is 18.7 Å². The smallest absolute Gasteiger partial charge is 0.408 e. The van der Waals surface area contributed by atoms with Crippen LogP contribution in [0.3, 0.4) is 0 Å². The molecule has 1 amide bonds. The van der Waals surface area contributed by atoms with Crippen LogP contribution < -0.4 is 5.32 Å². The van der Waals surface area contributed by atoms with E-state index in [1.165, 1.54) is 19.3 Å². The van der Waals surface area contributed by atoms with Gasteiger partial charge in [0, 0.05) is 11.0 Å². The van der Waals surface area contributed by atoms with E-state index in [0.717, 1.165) is 11.5 Å². The van der Waals surface area contributed by atoms with Crippen molar-refractivity contribution in [3.05, 3.63) is 35.9 Å². The molecule has 1 N–H and O–H groups in total. The first kappa shape index (κ1) is 22.0. The molecule has 2 bridgehead atoms. The van der Waals surface area contributed by atoms with Crippen LogP contribution in [0.2, 0.25) is 0 Å². The summed E-state index contributed by atoms with van der Waals surface area (Å²) in [6.07, 6.45) is 3.12. The SMILES string of the molecule is CCOC(=O)[C@H](CSC1CC2CCC1(C)C2(C)C)NC(=O)OCc1ccccc1. The van der Waals surface area contributed by atoms with Crippen molar-refractivity contribution < 1.29 is 19.1 Å². The van der Waals surface area contributed by atoms with Crippen LogP contribution in [-0.4, -0.2) is 35.7 Å². The fraction of sp³-hybridized carbons (Fsp3) is 0.652. The van der Waals surface area contributed by atoms with E-state index in [4.69, 9.17) is 9.47 Å². The van der Waals surface area contributed by atoms with Gasteiger partial charge in [0.15, 0.2) is 0 Å². The first-order valence-electron chi connectivity index (χ1n) is 10.5. The van der Waals surface area contributed by atoms with Gasteiger partial charge in [0.25, 0.3) is 0 Å². The molecule has 29 heavy (non-hydrogen) atoms. The molecule has 1 aromatic carbocycles. The van der Waals surface area contributed by atoms with Crippen molar-refractivity contribution in [1.29, 1.82) is 0 Å². The lowest BCUT2D eigenvalue weighted by molar-refractivity contribution is -0.144. The molecule has 2 saturated carbocycles. The average molecular weight is 420 g/mol. The number of nitrogens with one attached hydrogen (secondary N) is 1. The summed E-state index contributed by atoms with van der Waals surface area (Å²) in [4.78, 5) is 24.7. The molecule has 160 valence electrons. The number of ether oxygens (including phenoxy) is 2. The van der Waals surface area contributed by atoms with Gasteiger partial charge in [-0.3, -0.25) is 0 Å². The van der Waals surface area contributed by atoms with Gasteiger partial charge in [0.1, 0.15) is 12.6 Å². The first-order chi connectivity index (χ1) is 13.8. The van der Waals surface area contributed by atoms with Gasteiger partial charge in [-0.2, -0.15) is 11.8 Å². The zero-order valence-electron chi connectivity index (χ0n) is 17.9. The van der Waals surface area contributed by atoms with E-state index in [9.17, 15) is 9.59 Å². The Balaban J connectivity index is 1.56. The highest BCUT2D eigenvalue weighted by Gasteiger charge is 2.61. The van der Waals surface area contributed by atoms with Gasteiger partial charge in [-0.15, -0.1) is 0 Å². The predicted molar refractivity (Wildman–Crippen MR) is 116 cm³/mol. The summed E-state index contributed by atoms with van der Waals surface area (Å²) >= 11 is 1.80. The second-order valence-corrected chi connectivity index (χ2v) is 10.2. The summed E-state index contributed by atoms with van der Waals surface area (Å²) in [5.41, 5.74) is 1.50. The summed E-state index contributed by atoms with van der Waals surface area (Å²) in [7, 11) is 0. The lowest BCUT2D eigenvalue weighted by Crippen LogP contribution is -2.45. The third kappa shape index (κ3) is 4.57. The lowest BCUT2D eigenvalue weighted by Gasteiger charge is -2.39. The van der Waals surface area contributed by atoms with E-state index in [-0.39, 0.29) is 18.6 Å². The van der Waals surface area contributed by atoms with E-state index >= 15 is 0 Å². The monoisotopic (exact) mass is 419 g/mol. The number of fused-ring (bicyclic) bond motifs is 2. The summed E-state index contributed by atoms with van der Waals surface area (Å²) < 4.78 is 10.5. The van der Waals surface area contributed by atoms with Crippen LogP contribution >= 0.6 is 11.8 Å². The standard InChI is InChI=1S/C23H33NO4S/c1-5-27-20(25)18(24-21(26)28-14-16-9-7-6-8-10-16)15-29-19-13-17-11-12-23(19,4)22(17,2)3/h6-10,17-19H,5,11-15H2,1-4H3,(H,24,26)/t17?,18-,19?,23?/m0/s1. The molecule has 0 spiro atoms. The minimum absolute atomic E-state index is 0.173. The number of carbonyl (C=O) groups excluding carboxylic acids is 2. The number of benzene rings is 1. The maximum absolute atomic E-state index is 12.4. The van der Waals surface area contributed by atoms with Crippen molar-refractivity contribution in [2.45, 2.75) is 64.9 Å². The van der Waals surface area contributed by atoms with Gasteiger partial charge >= 0.3 is 12.1 Å². The highest BCUT2D eigenvalue weighted by molar-refractivity contribution is 8.00. The fourth-order valence-electron chi connectivity index (χ4n) is 4.91. The largest absolute Gasteiger partial charge is 0.464 e. The van der Waals surface area contributed by atoms with Crippen molar-refractivity contribution in [2.24, 2.45) is 16.7 Å². The molecule has 0 radical (unpaired) electrons. The highest BCUT2D eigenvalue weighted by Crippen LogP contribution is 2.68. The van der Waals surface area contributed by atoms with Gasteiger partial charge in [0.2, 0.25) is 0 Å². The van der Waals surface area contributed by atoms with Gasteiger partial charge in [-0.05, 0) is 48.5 Å².